The first-order valence-electron chi connectivity index (χ1n) is 11.2. The lowest BCUT2D eigenvalue weighted by molar-refractivity contribution is -0.138. The van der Waals surface area contributed by atoms with Crippen molar-refractivity contribution in [2.45, 2.75) is 44.6 Å². The summed E-state index contributed by atoms with van der Waals surface area (Å²) < 4.78 is 27.6. The van der Waals surface area contributed by atoms with Gasteiger partial charge in [-0.25, -0.2) is 8.42 Å². The van der Waals surface area contributed by atoms with Crippen LogP contribution in [0, 0.1) is 0 Å². The highest BCUT2D eigenvalue weighted by molar-refractivity contribution is 7.89. The van der Waals surface area contributed by atoms with E-state index in [2.05, 4.69) is 23.6 Å². The largest absolute Gasteiger partial charge is 0.339 e. The van der Waals surface area contributed by atoms with Crippen molar-refractivity contribution >= 4 is 15.9 Å². The number of sulfonamides is 1. The van der Waals surface area contributed by atoms with Crippen molar-refractivity contribution < 1.29 is 13.2 Å². The van der Waals surface area contributed by atoms with Gasteiger partial charge in [0.25, 0.3) is 0 Å². The molecule has 30 heavy (non-hydrogen) atoms. The van der Waals surface area contributed by atoms with E-state index in [1.807, 2.05) is 24.0 Å². The fourth-order valence-corrected chi connectivity index (χ4v) is 5.72. The molecule has 0 spiro atoms. The van der Waals surface area contributed by atoms with Crippen LogP contribution in [0.5, 0.6) is 0 Å². The number of nitrogens with zero attached hydrogens (tertiary/aromatic N) is 4. The number of rotatable bonds is 7. The molecule has 2 aliphatic rings. The summed E-state index contributed by atoms with van der Waals surface area (Å²) in [6, 6.07) is 7.04. The molecule has 0 bridgehead atoms. The Balaban J connectivity index is 1.55. The molecule has 1 atom stereocenters. The Morgan fingerprint density at radius 2 is 1.53 bits per heavy atom. The number of benzene rings is 1. The first-order valence-corrected chi connectivity index (χ1v) is 12.6. The van der Waals surface area contributed by atoms with Crippen LogP contribution >= 0.6 is 0 Å². The number of hydrogen-bond donors (Lipinski definition) is 0. The Kier molecular flexibility index (Phi) is 7.90. The maximum atomic E-state index is 13.0. The molecule has 7 nitrogen and oxygen atoms in total. The van der Waals surface area contributed by atoms with Crippen LogP contribution in [0.15, 0.2) is 29.2 Å². The number of amides is 1. The van der Waals surface area contributed by atoms with Gasteiger partial charge in [-0.3, -0.25) is 9.69 Å². The van der Waals surface area contributed by atoms with Gasteiger partial charge in [-0.2, -0.15) is 4.31 Å². The Hall–Kier alpha value is -1.48. The van der Waals surface area contributed by atoms with Gasteiger partial charge in [0, 0.05) is 52.4 Å². The maximum Gasteiger partial charge on any atom is 0.243 e. The third kappa shape index (κ3) is 5.22. The molecule has 1 aromatic rings. The Labute approximate surface area is 181 Å². The Morgan fingerprint density at radius 3 is 2.07 bits per heavy atom. The van der Waals surface area contributed by atoms with E-state index in [-0.39, 0.29) is 11.9 Å². The smallest absolute Gasteiger partial charge is 0.243 e. The lowest BCUT2D eigenvalue weighted by Gasteiger charge is -2.40. The molecule has 1 unspecified atom stereocenters. The summed E-state index contributed by atoms with van der Waals surface area (Å²) in [5.41, 5.74) is 1.16. The van der Waals surface area contributed by atoms with Gasteiger partial charge in [-0.05, 0) is 37.6 Å². The molecule has 2 saturated heterocycles. The van der Waals surface area contributed by atoms with Crippen molar-refractivity contribution in [3.8, 4) is 0 Å². The van der Waals surface area contributed by atoms with Crippen LogP contribution in [0.3, 0.4) is 0 Å². The van der Waals surface area contributed by atoms with Gasteiger partial charge in [-0.15, -0.1) is 0 Å². The number of carbonyl (C=O) groups is 1. The molecule has 168 valence electrons. The number of aryl methyl sites for hydroxylation is 1. The highest BCUT2D eigenvalue weighted by Gasteiger charge is 2.33. The molecule has 0 saturated carbocycles. The van der Waals surface area contributed by atoms with Crippen LogP contribution in [-0.4, -0.2) is 98.3 Å². The summed E-state index contributed by atoms with van der Waals surface area (Å²) in [7, 11) is -3.49. The van der Waals surface area contributed by atoms with E-state index in [9.17, 15) is 13.2 Å². The van der Waals surface area contributed by atoms with Crippen LogP contribution in [0.1, 0.15) is 32.8 Å². The zero-order chi connectivity index (χ0) is 21.7. The average molecular weight is 437 g/mol. The zero-order valence-corrected chi connectivity index (χ0v) is 19.4. The molecule has 2 fully saturated rings. The van der Waals surface area contributed by atoms with Crippen molar-refractivity contribution in [3.05, 3.63) is 29.8 Å². The van der Waals surface area contributed by atoms with E-state index in [1.54, 1.807) is 16.4 Å². The second-order valence-corrected chi connectivity index (χ2v) is 10.2. The minimum atomic E-state index is -3.49. The zero-order valence-electron chi connectivity index (χ0n) is 18.6. The normalized spacial score (nSPS) is 21.0. The molecule has 0 aromatic heterocycles. The topological polar surface area (TPSA) is 64.2 Å². The van der Waals surface area contributed by atoms with Gasteiger partial charge < -0.3 is 9.80 Å². The van der Waals surface area contributed by atoms with Crippen molar-refractivity contribution in [1.82, 2.24) is 19.0 Å². The van der Waals surface area contributed by atoms with E-state index >= 15 is 0 Å². The lowest BCUT2D eigenvalue weighted by Crippen LogP contribution is -2.57. The molecule has 1 amide bonds. The van der Waals surface area contributed by atoms with Crippen molar-refractivity contribution in [3.63, 3.8) is 0 Å². The Bertz CT molecular complexity index is 796. The number of piperazine rings is 2. The van der Waals surface area contributed by atoms with Gasteiger partial charge in [-0.1, -0.05) is 32.4 Å². The SMILES string of the molecule is CCCc1ccc(S(=O)(=O)N2CCN(C(C)C(=O)N3CCN(CC)CC3)CC2)cc1. The van der Waals surface area contributed by atoms with Crippen LogP contribution in [0.4, 0.5) is 0 Å². The molecule has 3 rings (SSSR count). The summed E-state index contributed by atoms with van der Waals surface area (Å²) in [5, 5.41) is 0. The first kappa shape index (κ1) is 23.2. The lowest BCUT2D eigenvalue weighted by atomic mass is 10.1. The molecule has 0 radical (unpaired) electrons. The quantitative estimate of drug-likeness (QED) is 0.648. The second-order valence-electron chi connectivity index (χ2n) is 8.27. The third-order valence-corrected chi connectivity index (χ3v) is 8.32. The molecule has 1 aromatic carbocycles. The van der Waals surface area contributed by atoms with Crippen LogP contribution < -0.4 is 0 Å². The third-order valence-electron chi connectivity index (χ3n) is 6.41. The summed E-state index contributed by atoms with van der Waals surface area (Å²) >= 11 is 0. The molecular formula is C22H36N4O3S. The second kappa shape index (κ2) is 10.2. The van der Waals surface area contributed by atoms with Gasteiger partial charge in [0.1, 0.15) is 0 Å². The monoisotopic (exact) mass is 436 g/mol. The van der Waals surface area contributed by atoms with E-state index in [0.717, 1.165) is 51.1 Å². The summed E-state index contributed by atoms with van der Waals surface area (Å²) in [6.45, 7) is 12.6. The summed E-state index contributed by atoms with van der Waals surface area (Å²) in [4.78, 5) is 19.7. The average Bonchev–Trinajstić information content (AvgIpc) is 2.79. The van der Waals surface area contributed by atoms with E-state index in [0.29, 0.717) is 31.1 Å². The number of carbonyl (C=O) groups excluding carboxylic acids is 1. The summed E-state index contributed by atoms with van der Waals surface area (Å²) in [5.74, 6) is 0.161. The van der Waals surface area contributed by atoms with Crippen LogP contribution in [0.25, 0.3) is 0 Å². The van der Waals surface area contributed by atoms with Gasteiger partial charge in [0.2, 0.25) is 15.9 Å². The predicted molar refractivity (Wildman–Crippen MR) is 119 cm³/mol. The van der Waals surface area contributed by atoms with E-state index in [4.69, 9.17) is 0 Å². The molecule has 2 heterocycles. The van der Waals surface area contributed by atoms with Crippen molar-refractivity contribution in [2.75, 3.05) is 58.9 Å². The summed E-state index contributed by atoms with van der Waals surface area (Å²) in [6.07, 6.45) is 2.00. The standard InChI is InChI=1S/C22H36N4O3S/c1-4-6-20-7-9-21(10-8-20)30(28,29)26-17-15-24(16-18-26)19(3)22(27)25-13-11-23(5-2)12-14-25/h7-10,19H,4-6,11-18H2,1-3H3. The minimum Gasteiger partial charge on any atom is -0.339 e. The van der Waals surface area contributed by atoms with Gasteiger partial charge in [0.05, 0.1) is 10.9 Å². The number of likely N-dealkylation sites (N-methyl/N-ethyl adjacent to an activating group) is 1. The fourth-order valence-electron chi connectivity index (χ4n) is 4.30. The van der Waals surface area contributed by atoms with Gasteiger partial charge in [0.15, 0.2) is 0 Å². The minimum absolute atomic E-state index is 0.161. The first-order chi connectivity index (χ1) is 14.4. The Morgan fingerprint density at radius 1 is 0.933 bits per heavy atom. The van der Waals surface area contributed by atoms with Crippen molar-refractivity contribution in [2.24, 2.45) is 0 Å². The fraction of sp³-hybridized carbons (Fsp3) is 0.682. The molecule has 2 aliphatic heterocycles. The molecular weight excluding hydrogens is 400 g/mol. The highest BCUT2D eigenvalue weighted by Crippen LogP contribution is 2.20. The number of hydrogen-bond acceptors (Lipinski definition) is 5. The molecule has 8 heteroatoms. The van der Waals surface area contributed by atoms with Crippen molar-refractivity contribution in [1.29, 1.82) is 0 Å². The molecule has 0 N–H and O–H groups in total. The van der Waals surface area contributed by atoms with Crippen LogP contribution in [0.2, 0.25) is 0 Å². The predicted octanol–water partition coefficient (Wildman–Crippen LogP) is 1.50. The highest BCUT2D eigenvalue weighted by atomic mass is 32.2. The van der Waals surface area contributed by atoms with E-state index in [1.165, 1.54) is 0 Å². The van der Waals surface area contributed by atoms with E-state index < -0.39 is 10.0 Å². The van der Waals surface area contributed by atoms with Gasteiger partial charge >= 0.3 is 0 Å². The maximum absolute atomic E-state index is 13.0. The van der Waals surface area contributed by atoms with Crippen LogP contribution in [-0.2, 0) is 21.2 Å². The molecule has 0 aliphatic carbocycles.